The van der Waals surface area contributed by atoms with Gasteiger partial charge in [-0.2, -0.15) is 0 Å². The Morgan fingerprint density at radius 2 is 1.80 bits per heavy atom. The molecule has 2 aromatic rings. The van der Waals surface area contributed by atoms with Gasteiger partial charge in [0, 0.05) is 37.6 Å². The second-order valence-corrected chi connectivity index (χ2v) is 8.53. The van der Waals surface area contributed by atoms with Crippen LogP contribution < -0.4 is 15.5 Å². The van der Waals surface area contributed by atoms with Crippen LogP contribution in [0.5, 0.6) is 0 Å². The molecule has 0 radical (unpaired) electrons. The summed E-state index contributed by atoms with van der Waals surface area (Å²) in [4.78, 5) is 24.0. The SMILES string of the molecule is Cc1ncc(C(=O)NCCc2ccc(N3CCCC3)cc2)c(NC2CCCCC2)n1. The molecule has 160 valence electrons. The number of hydrogen-bond acceptors (Lipinski definition) is 5. The molecule has 6 nitrogen and oxygen atoms in total. The van der Waals surface area contributed by atoms with Crippen molar-refractivity contribution in [2.75, 3.05) is 29.9 Å². The lowest BCUT2D eigenvalue weighted by Gasteiger charge is -2.24. The van der Waals surface area contributed by atoms with E-state index in [2.05, 4.69) is 49.8 Å². The molecule has 4 rings (SSSR count). The van der Waals surface area contributed by atoms with Crippen LogP contribution in [-0.2, 0) is 6.42 Å². The van der Waals surface area contributed by atoms with Crippen molar-refractivity contribution in [1.82, 2.24) is 15.3 Å². The van der Waals surface area contributed by atoms with Gasteiger partial charge in [0.2, 0.25) is 0 Å². The fraction of sp³-hybridized carbons (Fsp3) is 0.542. The van der Waals surface area contributed by atoms with E-state index in [9.17, 15) is 4.79 Å². The van der Waals surface area contributed by atoms with E-state index in [1.165, 1.54) is 43.4 Å². The van der Waals surface area contributed by atoms with Crippen LogP contribution in [0.2, 0.25) is 0 Å². The van der Waals surface area contributed by atoms with Gasteiger partial charge in [0.25, 0.3) is 5.91 Å². The lowest BCUT2D eigenvalue weighted by molar-refractivity contribution is 0.0954. The first-order valence-electron chi connectivity index (χ1n) is 11.4. The molecular weight excluding hydrogens is 374 g/mol. The largest absolute Gasteiger partial charge is 0.372 e. The molecule has 2 aliphatic rings. The lowest BCUT2D eigenvalue weighted by Crippen LogP contribution is -2.29. The Labute approximate surface area is 179 Å². The van der Waals surface area contributed by atoms with E-state index < -0.39 is 0 Å². The summed E-state index contributed by atoms with van der Waals surface area (Å²) in [5.74, 6) is 1.24. The smallest absolute Gasteiger partial charge is 0.256 e. The summed E-state index contributed by atoms with van der Waals surface area (Å²) in [5, 5.41) is 6.54. The molecule has 30 heavy (non-hydrogen) atoms. The van der Waals surface area contributed by atoms with Crippen molar-refractivity contribution in [1.29, 1.82) is 0 Å². The highest BCUT2D eigenvalue weighted by molar-refractivity contribution is 5.98. The van der Waals surface area contributed by atoms with Crippen LogP contribution in [0.25, 0.3) is 0 Å². The number of nitrogens with one attached hydrogen (secondary N) is 2. The highest BCUT2D eigenvalue weighted by Crippen LogP contribution is 2.23. The molecule has 0 spiro atoms. The fourth-order valence-corrected chi connectivity index (χ4v) is 4.45. The number of aryl methyl sites for hydroxylation is 1. The minimum atomic E-state index is -0.109. The molecule has 1 amide bonds. The average Bonchev–Trinajstić information content (AvgIpc) is 3.30. The molecule has 1 saturated carbocycles. The third kappa shape index (κ3) is 5.29. The molecule has 2 heterocycles. The molecule has 1 aliphatic heterocycles. The zero-order valence-electron chi connectivity index (χ0n) is 18.0. The maximum atomic E-state index is 12.8. The van der Waals surface area contributed by atoms with E-state index in [4.69, 9.17) is 0 Å². The number of nitrogens with zero attached hydrogens (tertiary/aromatic N) is 3. The van der Waals surface area contributed by atoms with Gasteiger partial charge in [-0.05, 0) is 56.7 Å². The summed E-state index contributed by atoms with van der Waals surface area (Å²) in [5.41, 5.74) is 3.07. The van der Waals surface area contributed by atoms with Crippen molar-refractivity contribution in [3.63, 3.8) is 0 Å². The zero-order chi connectivity index (χ0) is 20.8. The monoisotopic (exact) mass is 407 g/mol. The van der Waals surface area contributed by atoms with Gasteiger partial charge in [0.15, 0.2) is 0 Å². The average molecular weight is 408 g/mol. The highest BCUT2D eigenvalue weighted by atomic mass is 16.1. The minimum absolute atomic E-state index is 0.109. The van der Waals surface area contributed by atoms with Gasteiger partial charge in [0.05, 0.1) is 0 Å². The van der Waals surface area contributed by atoms with Crippen molar-refractivity contribution < 1.29 is 4.79 Å². The molecular formula is C24H33N5O. The minimum Gasteiger partial charge on any atom is -0.372 e. The van der Waals surface area contributed by atoms with Crippen LogP contribution in [0.1, 0.15) is 66.7 Å². The standard InChI is InChI=1S/C24H33N5O/c1-18-26-17-22(23(27-18)28-20-7-3-2-4-8-20)24(30)25-14-13-19-9-11-21(12-10-19)29-15-5-6-16-29/h9-12,17,20H,2-8,13-16H2,1H3,(H,25,30)(H,26,27,28). The maximum Gasteiger partial charge on any atom is 0.256 e. The zero-order valence-corrected chi connectivity index (χ0v) is 18.0. The molecule has 1 aromatic heterocycles. The number of hydrogen-bond donors (Lipinski definition) is 2. The van der Waals surface area contributed by atoms with Gasteiger partial charge in [0.1, 0.15) is 17.2 Å². The second kappa shape index (κ2) is 9.92. The summed E-state index contributed by atoms with van der Waals surface area (Å²) in [6, 6.07) is 9.13. The summed E-state index contributed by atoms with van der Waals surface area (Å²) >= 11 is 0. The molecule has 1 saturated heterocycles. The number of benzene rings is 1. The van der Waals surface area contributed by atoms with Gasteiger partial charge < -0.3 is 15.5 Å². The Morgan fingerprint density at radius 1 is 1.07 bits per heavy atom. The van der Waals surface area contributed by atoms with E-state index in [0.717, 1.165) is 32.4 Å². The normalized spacial score (nSPS) is 17.2. The summed E-state index contributed by atoms with van der Waals surface area (Å²) in [6.07, 6.45) is 11.1. The Bertz CT molecular complexity index is 839. The number of amides is 1. The molecule has 0 unspecified atom stereocenters. The van der Waals surface area contributed by atoms with Gasteiger partial charge in [-0.1, -0.05) is 31.4 Å². The van der Waals surface area contributed by atoms with Gasteiger partial charge in [-0.25, -0.2) is 9.97 Å². The predicted molar refractivity (Wildman–Crippen MR) is 121 cm³/mol. The quantitative estimate of drug-likeness (QED) is 0.723. The Morgan fingerprint density at radius 3 is 2.53 bits per heavy atom. The first-order valence-corrected chi connectivity index (χ1v) is 11.4. The number of carbonyl (C=O) groups is 1. The van der Waals surface area contributed by atoms with Crippen molar-refractivity contribution in [2.24, 2.45) is 0 Å². The summed E-state index contributed by atoms with van der Waals surface area (Å²) in [6.45, 7) is 4.77. The third-order valence-electron chi connectivity index (χ3n) is 6.21. The topological polar surface area (TPSA) is 70.2 Å². The number of anilines is 2. The fourth-order valence-electron chi connectivity index (χ4n) is 4.45. The van der Waals surface area contributed by atoms with Crippen LogP contribution in [-0.4, -0.2) is 41.6 Å². The van der Waals surface area contributed by atoms with Crippen LogP contribution in [0.4, 0.5) is 11.5 Å². The van der Waals surface area contributed by atoms with Gasteiger partial charge in [-0.15, -0.1) is 0 Å². The first kappa shape index (κ1) is 20.6. The van der Waals surface area contributed by atoms with Crippen molar-refractivity contribution in [3.05, 3.63) is 47.4 Å². The maximum absolute atomic E-state index is 12.8. The van der Waals surface area contributed by atoms with Crippen LogP contribution in [0.15, 0.2) is 30.5 Å². The molecule has 1 aliphatic carbocycles. The first-order chi connectivity index (χ1) is 14.7. The Balaban J connectivity index is 1.32. The molecule has 2 fully saturated rings. The molecule has 2 N–H and O–H groups in total. The third-order valence-corrected chi connectivity index (χ3v) is 6.21. The summed E-state index contributed by atoms with van der Waals surface area (Å²) in [7, 11) is 0. The van der Waals surface area contributed by atoms with E-state index >= 15 is 0 Å². The second-order valence-electron chi connectivity index (χ2n) is 8.53. The molecule has 0 bridgehead atoms. The summed E-state index contributed by atoms with van der Waals surface area (Å²) < 4.78 is 0. The Kier molecular flexibility index (Phi) is 6.82. The van der Waals surface area contributed by atoms with Crippen LogP contribution in [0.3, 0.4) is 0 Å². The van der Waals surface area contributed by atoms with Crippen LogP contribution in [0, 0.1) is 6.92 Å². The van der Waals surface area contributed by atoms with E-state index in [-0.39, 0.29) is 5.91 Å². The van der Waals surface area contributed by atoms with E-state index in [1.807, 2.05) is 6.92 Å². The van der Waals surface area contributed by atoms with Crippen LogP contribution >= 0.6 is 0 Å². The van der Waals surface area contributed by atoms with E-state index in [1.54, 1.807) is 6.20 Å². The molecule has 0 atom stereocenters. The van der Waals surface area contributed by atoms with Gasteiger partial charge in [-0.3, -0.25) is 4.79 Å². The number of rotatable bonds is 7. The lowest BCUT2D eigenvalue weighted by atomic mass is 9.95. The highest BCUT2D eigenvalue weighted by Gasteiger charge is 2.19. The Hall–Kier alpha value is -2.63. The van der Waals surface area contributed by atoms with Crippen molar-refractivity contribution in [3.8, 4) is 0 Å². The predicted octanol–water partition coefficient (Wildman–Crippen LogP) is 4.10. The number of carbonyl (C=O) groups excluding carboxylic acids is 1. The van der Waals surface area contributed by atoms with E-state index in [0.29, 0.717) is 29.8 Å². The van der Waals surface area contributed by atoms with Gasteiger partial charge >= 0.3 is 0 Å². The van der Waals surface area contributed by atoms with Crippen molar-refractivity contribution in [2.45, 2.75) is 64.3 Å². The molecule has 1 aromatic carbocycles. The van der Waals surface area contributed by atoms with Crippen molar-refractivity contribution >= 4 is 17.4 Å². The number of aromatic nitrogens is 2. The molecule has 6 heteroatoms.